The van der Waals surface area contributed by atoms with Crippen molar-refractivity contribution in [1.82, 2.24) is 9.88 Å². The van der Waals surface area contributed by atoms with E-state index in [1.165, 1.54) is 12.1 Å². The maximum absolute atomic E-state index is 13.1. The minimum Gasteiger partial charge on any atom is -0.439 e. The van der Waals surface area contributed by atoms with Gasteiger partial charge in [-0.15, -0.1) is 0 Å². The average molecular weight is 296 g/mol. The topological polar surface area (TPSA) is 29.3 Å². The van der Waals surface area contributed by atoms with Crippen LogP contribution >= 0.6 is 0 Å². The molecule has 1 aliphatic rings. The smallest absolute Gasteiger partial charge is 0.209 e. The van der Waals surface area contributed by atoms with Gasteiger partial charge in [-0.1, -0.05) is 24.3 Å². The molecule has 0 aliphatic carbocycles. The largest absolute Gasteiger partial charge is 0.439 e. The van der Waals surface area contributed by atoms with E-state index in [9.17, 15) is 4.39 Å². The molecule has 2 aromatic carbocycles. The lowest BCUT2D eigenvalue weighted by molar-refractivity contribution is 0.225. The summed E-state index contributed by atoms with van der Waals surface area (Å²) in [7, 11) is 0. The van der Waals surface area contributed by atoms with Crippen LogP contribution in [-0.4, -0.2) is 16.4 Å². The molecule has 0 spiro atoms. The lowest BCUT2D eigenvalue weighted by Gasteiger charge is -2.23. The number of benzene rings is 2. The maximum atomic E-state index is 13.1. The SMILES string of the molecule is Fc1ccc([C@@H]2CCCN2Cc2nc3ccccc3o2)cc1. The third-order valence-electron chi connectivity index (χ3n) is 4.29. The lowest BCUT2D eigenvalue weighted by Crippen LogP contribution is -2.22. The van der Waals surface area contributed by atoms with Crippen LogP contribution in [0.25, 0.3) is 11.1 Å². The Morgan fingerprint density at radius 2 is 1.95 bits per heavy atom. The predicted molar refractivity (Wildman–Crippen MR) is 82.8 cm³/mol. The minimum atomic E-state index is -0.188. The van der Waals surface area contributed by atoms with Crippen LogP contribution in [0.2, 0.25) is 0 Å². The van der Waals surface area contributed by atoms with Gasteiger partial charge in [0.25, 0.3) is 0 Å². The Balaban J connectivity index is 1.57. The van der Waals surface area contributed by atoms with E-state index in [1.54, 1.807) is 0 Å². The van der Waals surface area contributed by atoms with Crippen molar-refractivity contribution >= 4 is 11.1 Å². The second-order valence-corrected chi connectivity index (χ2v) is 5.76. The summed E-state index contributed by atoms with van der Waals surface area (Å²) in [6.07, 6.45) is 2.23. The molecule has 2 heterocycles. The van der Waals surface area contributed by atoms with E-state index in [0.29, 0.717) is 12.6 Å². The molecule has 22 heavy (non-hydrogen) atoms. The van der Waals surface area contributed by atoms with Crippen molar-refractivity contribution < 1.29 is 8.81 Å². The average Bonchev–Trinajstić information content (AvgIpc) is 3.14. The molecule has 0 amide bonds. The Morgan fingerprint density at radius 3 is 2.77 bits per heavy atom. The first-order valence-corrected chi connectivity index (χ1v) is 7.63. The van der Waals surface area contributed by atoms with Crippen LogP contribution < -0.4 is 0 Å². The first-order chi connectivity index (χ1) is 10.8. The van der Waals surface area contributed by atoms with E-state index in [0.717, 1.165) is 41.9 Å². The molecule has 4 heteroatoms. The highest BCUT2D eigenvalue weighted by Gasteiger charge is 2.27. The molecule has 1 saturated heterocycles. The predicted octanol–water partition coefficient (Wildman–Crippen LogP) is 4.30. The second-order valence-electron chi connectivity index (χ2n) is 5.76. The van der Waals surface area contributed by atoms with Gasteiger partial charge >= 0.3 is 0 Å². The zero-order chi connectivity index (χ0) is 14.9. The van der Waals surface area contributed by atoms with Gasteiger partial charge in [0.15, 0.2) is 5.58 Å². The van der Waals surface area contributed by atoms with Crippen molar-refractivity contribution in [3.8, 4) is 0 Å². The highest BCUT2D eigenvalue weighted by molar-refractivity contribution is 5.72. The number of para-hydroxylation sites is 2. The van der Waals surface area contributed by atoms with Gasteiger partial charge in [0, 0.05) is 6.04 Å². The van der Waals surface area contributed by atoms with Gasteiger partial charge in [-0.2, -0.15) is 0 Å². The summed E-state index contributed by atoms with van der Waals surface area (Å²) in [5.41, 5.74) is 2.89. The zero-order valence-corrected chi connectivity index (χ0v) is 12.2. The molecule has 4 rings (SSSR count). The van der Waals surface area contributed by atoms with Gasteiger partial charge < -0.3 is 4.42 Å². The molecular formula is C18H17FN2O. The molecule has 112 valence electrons. The third-order valence-corrected chi connectivity index (χ3v) is 4.29. The van der Waals surface area contributed by atoms with Crippen LogP contribution in [0.4, 0.5) is 4.39 Å². The van der Waals surface area contributed by atoms with E-state index < -0.39 is 0 Å². The summed E-state index contributed by atoms with van der Waals surface area (Å²) in [4.78, 5) is 6.91. The fourth-order valence-corrected chi connectivity index (χ4v) is 3.24. The van der Waals surface area contributed by atoms with Gasteiger partial charge in [-0.25, -0.2) is 9.37 Å². The molecule has 0 unspecified atom stereocenters. The van der Waals surface area contributed by atoms with E-state index in [1.807, 2.05) is 36.4 Å². The van der Waals surface area contributed by atoms with Crippen molar-refractivity contribution in [2.24, 2.45) is 0 Å². The fraction of sp³-hybridized carbons (Fsp3) is 0.278. The van der Waals surface area contributed by atoms with E-state index in [4.69, 9.17) is 4.42 Å². The maximum Gasteiger partial charge on any atom is 0.209 e. The van der Waals surface area contributed by atoms with Crippen molar-refractivity contribution in [1.29, 1.82) is 0 Å². The Hall–Kier alpha value is -2.20. The molecule has 1 atom stereocenters. The van der Waals surface area contributed by atoms with Gasteiger partial charge in [0.1, 0.15) is 11.3 Å². The van der Waals surface area contributed by atoms with Crippen molar-refractivity contribution in [3.63, 3.8) is 0 Å². The Morgan fingerprint density at radius 1 is 1.14 bits per heavy atom. The molecular weight excluding hydrogens is 279 g/mol. The number of rotatable bonds is 3. The lowest BCUT2D eigenvalue weighted by atomic mass is 10.0. The number of nitrogens with zero attached hydrogens (tertiary/aromatic N) is 2. The molecule has 0 bridgehead atoms. The molecule has 0 saturated carbocycles. The molecule has 0 radical (unpaired) electrons. The third kappa shape index (κ3) is 2.50. The zero-order valence-electron chi connectivity index (χ0n) is 12.2. The summed E-state index contributed by atoms with van der Waals surface area (Å²) >= 11 is 0. The number of aromatic nitrogens is 1. The van der Waals surface area contributed by atoms with Crippen molar-refractivity contribution in [3.05, 3.63) is 65.8 Å². The number of hydrogen-bond acceptors (Lipinski definition) is 3. The first kappa shape index (κ1) is 13.5. The van der Waals surface area contributed by atoms with Crippen LogP contribution in [0, 0.1) is 5.82 Å². The Labute approximate surface area is 128 Å². The molecule has 1 aromatic heterocycles. The summed E-state index contributed by atoms with van der Waals surface area (Å²) in [5.74, 6) is 0.558. The summed E-state index contributed by atoms with van der Waals surface area (Å²) in [6.45, 7) is 1.71. The van der Waals surface area contributed by atoms with E-state index in [2.05, 4.69) is 9.88 Å². The summed E-state index contributed by atoms with van der Waals surface area (Å²) < 4.78 is 18.9. The monoisotopic (exact) mass is 296 g/mol. The highest BCUT2D eigenvalue weighted by Crippen LogP contribution is 2.33. The summed E-state index contributed by atoms with van der Waals surface area (Å²) in [6, 6.07) is 15.0. The van der Waals surface area contributed by atoms with Crippen LogP contribution in [0.3, 0.4) is 0 Å². The summed E-state index contributed by atoms with van der Waals surface area (Å²) in [5, 5.41) is 0. The van der Waals surface area contributed by atoms with Crippen LogP contribution in [0.1, 0.15) is 30.3 Å². The van der Waals surface area contributed by atoms with Gasteiger partial charge in [-0.3, -0.25) is 4.90 Å². The van der Waals surface area contributed by atoms with Crippen molar-refractivity contribution in [2.45, 2.75) is 25.4 Å². The first-order valence-electron chi connectivity index (χ1n) is 7.63. The van der Waals surface area contributed by atoms with Crippen LogP contribution in [-0.2, 0) is 6.54 Å². The molecule has 0 N–H and O–H groups in total. The molecule has 3 nitrogen and oxygen atoms in total. The number of fused-ring (bicyclic) bond motifs is 1. The minimum absolute atomic E-state index is 0.188. The number of oxazole rings is 1. The van der Waals surface area contributed by atoms with E-state index >= 15 is 0 Å². The van der Waals surface area contributed by atoms with Gasteiger partial charge in [0.2, 0.25) is 5.89 Å². The molecule has 3 aromatic rings. The van der Waals surface area contributed by atoms with Crippen LogP contribution in [0.15, 0.2) is 52.9 Å². The molecule has 1 fully saturated rings. The number of hydrogen-bond donors (Lipinski definition) is 0. The number of halogens is 1. The Bertz CT molecular complexity index is 748. The second kappa shape index (κ2) is 5.54. The van der Waals surface area contributed by atoms with Crippen molar-refractivity contribution in [2.75, 3.05) is 6.54 Å². The highest BCUT2D eigenvalue weighted by atomic mass is 19.1. The van der Waals surface area contributed by atoms with Gasteiger partial charge in [0.05, 0.1) is 6.54 Å². The quantitative estimate of drug-likeness (QED) is 0.721. The fourth-order valence-electron chi connectivity index (χ4n) is 3.24. The standard InChI is InChI=1S/C18H17FN2O/c19-14-9-7-13(8-10-14)16-5-3-11-21(16)12-18-20-15-4-1-2-6-17(15)22-18/h1-2,4,6-10,16H,3,5,11-12H2/t16-/m0/s1. The number of likely N-dealkylation sites (tertiary alicyclic amines) is 1. The Kier molecular flexibility index (Phi) is 3.39. The van der Waals surface area contributed by atoms with E-state index in [-0.39, 0.29) is 5.82 Å². The molecule has 1 aliphatic heterocycles. The van der Waals surface area contributed by atoms with Gasteiger partial charge in [-0.05, 0) is 49.2 Å². The van der Waals surface area contributed by atoms with Crippen LogP contribution in [0.5, 0.6) is 0 Å². The normalized spacial score (nSPS) is 19.0.